The molecule has 8 nitrogen and oxygen atoms in total. The molecule has 2 aliphatic heterocycles. The van der Waals surface area contributed by atoms with Crippen LogP contribution in [0.5, 0.6) is 0 Å². The molecule has 1 N–H and O–H groups in total. The van der Waals surface area contributed by atoms with Crippen LogP contribution >= 0.6 is 11.3 Å². The number of aliphatic hydroxyl groups is 1. The summed E-state index contributed by atoms with van der Waals surface area (Å²) in [6.07, 6.45) is 2.14. The standard InChI is InChI=1S/C20H22F3N5O3S.C2H6/c21-20(22,23)18-15(11-29)14-1-6-31-19(17(14)32-18)2-4-27(5-3-19)8-13-7-25-28(9-13)10-16-26-24-12-30-16;1-2/h7,9,12,29H,1-6,8,10-11H2;1-2H3. The largest absolute Gasteiger partial charge is 0.426 e. The maximum Gasteiger partial charge on any atom is 0.425 e. The number of nitrogens with zero attached hydrogens (tertiary/aromatic N) is 5. The quantitative estimate of drug-likeness (QED) is 0.568. The van der Waals surface area contributed by atoms with Crippen LogP contribution in [0.4, 0.5) is 13.2 Å². The molecule has 0 unspecified atom stereocenters. The van der Waals surface area contributed by atoms with Crippen LogP contribution in [0.25, 0.3) is 0 Å². The van der Waals surface area contributed by atoms with Gasteiger partial charge in [-0.1, -0.05) is 13.8 Å². The molecular weight excluding hydrogens is 471 g/mol. The summed E-state index contributed by atoms with van der Waals surface area (Å²) in [6.45, 7) is 6.25. The van der Waals surface area contributed by atoms with E-state index in [2.05, 4.69) is 20.2 Å². The lowest BCUT2D eigenvalue weighted by Crippen LogP contribution is -2.45. The second-order valence-corrected chi connectivity index (χ2v) is 9.14. The van der Waals surface area contributed by atoms with Gasteiger partial charge in [0.2, 0.25) is 12.3 Å². The highest BCUT2D eigenvalue weighted by Crippen LogP contribution is 2.50. The maximum atomic E-state index is 13.5. The molecule has 0 aliphatic carbocycles. The van der Waals surface area contributed by atoms with E-state index in [1.165, 1.54) is 6.39 Å². The van der Waals surface area contributed by atoms with E-state index in [-0.39, 0.29) is 5.56 Å². The summed E-state index contributed by atoms with van der Waals surface area (Å²) in [5.74, 6) is 0.473. The van der Waals surface area contributed by atoms with Crippen molar-refractivity contribution in [2.24, 2.45) is 0 Å². The Balaban J connectivity index is 0.00000133. The highest BCUT2D eigenvalue weighted by molar-refractivity contribution is 7.12. The molecule has 0 atom stereocenters. The van der Waals surface area contributed by atoms with Crippen molar-refractivity contribution < 1.29 is 27.4 Å². The number of likely N-dealkylation sites (tertiary alicyclic amines) is 1. The van der Waals surface area contributed by atoms with Crippen LogP contribution in [0.2, 0.25) is 0 Å². The van der Waals surface area contributed by atoms with E-state index in [1.54, 1.807) is 10.9 Å². The Morgan fingerprint density at radius 1 is 1.21 bits per heavy atom. The van der Waals surface area contributed by atoms with Gasteiger partial charge in [-0.3, -0.25) is 9.58 Å². The van der Waals surface area contributed by atoms with Crippen molar-refractivity contribution in [3.63, 3.8) is 0 Å². The summed E-state index contributed by atoms with van der Waals surface area (Å²) in [5.41, 5.74) is 0.983. The van der Waals surface area contributed by atoms with Gasteiger partial charge >= 0.3 is 6.18 Å². The van der Waals surface area contributed by atoms with E-state index in [4.69, 9.17) is 9.15 Å². The first-order valence-corrected chi connectivity index (χ1v) is 12.2. The molecule has 34 heavy (non-hydrogen) atoms. The normalized spacial score (nSPS) is 17.9. The number of halogens is 3. The number of hydrogen-bond acceptors (Lipinski definition) is 8. The fraction of sp³-hybridized carbons (Fsp3) is 0.591. The molecule has 5 rings (SSSR count). The van der Waals surface area contributed by atoms with Crippen LogP contribution in [0.15, 0.2) is 23.2 Å². The van der Waals surface area contributed by atoms with Crippen molar-refractivity contribution in [1.29, 1.82) is 0 Å². The lowest BCUT2D eigenvalue weighted by molar-refractivity contribution is -0.135. The Hall–Kier alpha value is -2.28. The molecule has 0 saturated carbocycles. The smallest absolute Gasteiger partial charge is 0.425 e. The van der Waals surface area contributed by atoms with E-state index >= 15 is 0 Å². The predicted octanol–water partition coefficient (Wildman–Crippen LogP) is 3.98. The Bertz CT molecular complexity index is 1070. The molecule has 3 aromatic heterocycles. The minimum Gasteiger partial charge on any atom is -0.426 e. The highest BCUT2D eigenvalue weighted by atomic mass is 32.1. The van der Waals surface area contributed by atoms with Gasteiger partial charge in [0.25, 0.3) is 0 Å². The fourth-order valence-corrected chi connectivity index (χ4v) is 6.05. The number of ether oxygens (including phenoxy) is 1. The third-order valence-corrected chi connectivity index (χ3v) is 7.64. The van der Waals surface area contributed by atoms with Gasteiger partial charge in [-0.25, -0.2) is 0 Å². The van der Waals surface area contributed by atoms with E-state index in [1.807, 2.05) is 20.0 Å². The van der Waals surface area contributed by atoms with Gasteiger partial charge in [-0.2, -0.15) is 18.3 Å². The number of thiophene rings is 1. The molecule has 2 aliphatic rings. The monoisotopic (exact) mass is 499 g/mol. The van der Waals surface area contributed by atoms with Gasteiger partial charge < -0.3 is 14.3 Å². The molecule has 1 saturated heterocycles. The summed E-state index contributed by atoms with van der Waals surface area (Å²) in [6, 6.07) is 0. The third-order valence-electron chi connectivity index (χ3n) is 6.14. The average molecular weight is 500 g/mol. The number of hydrogen-bond donors (Lipinski definition) is 1. The van der Waals surface area contributed by atoms with E-state index in [0.29, 0.717) is 68.4 Å². The van der Waals surface area contributed by atoms with Crippen LogP contribution in [0, 0.1) is 0 Å². The lowest BCUT2D eigenvalue weighted by atomic mass is 9.84. The molecule has 1 spiro atoms. The first-order valence-electron chi connectivity index (χ1n) is 11.3. The minimum atomic E-state index is -4.47. The third kappa shape index (κ3) is 4.90. The summed E-state index contributed by atoms with van der Waals surface area (Å²) >= 11 is 0.747. The number of aromatic nitrogens is 4. The Morgan fingerprint density at radius 3 is 2.62 bits per heavy atom. The van der Waals surface area contributed by atoms with Crippen molar-refractivity contribution in [3.8, 4) is 0 Å². The zero-order chi connectivity index (χ0) is 24.3. The molecule has 0 radical (unpaired) electrons. The Morgan fingerprint density at radius 2 is 1.97 bits per heavy atom. The molecule has 186 valence electrons. The zero-order valence-corrected chi connectivity index (χ0v) is 20.0. The topological polar surface area (TPSA) is 89.4 Å². The number of rotatable bonds is 5. The molecule has 5 heterocycles. The van der Waals surface area contributed by atoms with E-state index < -0.39 is 23.3 Å². The average Bonchev–Trinajstić information content (AvgIpc) is 3.57. The summed E-state index contributed by atoms with van der Waals surface area (Å²) in [5, 5.41) is 21.5. The molecule has 0 bridgehead atoms. The van der Waals surface area contributed by atoms with Crippen LogP contribution < -0.4 is 0 Å². The number of piperidine rings is 1. The van der Waals surface area contributed by atoms with Crippen LogP contribution in [-0.2, 0) is 42.6 Å². The molecule has 1 fully saturated rings. The Labute approximate surface area is 199 Å². The van der Waals surface area contributed by atoms with Crippen LogP contribution in [-0.4, -0.2) is 49.7 Å². The molecular formula is C22H28F3N5O3S. The second kappa shape index (κ2) is 10.1. The molecule has 0 aromatic carbocycles. The van der Waals surface area contributed by atoms with Crippen molar-refractivity contribution in [2.45, 2.75) is 64.6 Å². The Kier molecular flexibility index (Phi) is 7.41. The van der Waals surface area contributed by atoms with Crippen LogP contribution in [0.3, 0.4) is 0 Å². The van der Waals surface area contributed by atoms with Gasteiger partial charge in [-0.15, -0.1) is 21.5 Å². The van der Waals surface area contributed by atoms with Gasteiger partial charge in [0, 0.05) is 41.8 Å². The SMILES string of the molecule is CC.OCc1c(C(F)(F)F)sc2c1CCOC21CCN(Cc2cnn(Cc3nnco3)c2)CC1. The number of aliphatic hydroxyl groups excluding tert-OH is 1. The molecule has 0 amide bonds. The van der Waals surface area contributed by atoms with Gasteiger partial charge in [0.1, 0.15) is 17.0 Å². The molecule has 12 heteroatoms. The van der Waals surface area contributed by atoms with Crippen molar-refractivity contribution >= 4 is 11.3 Å². The van der Waals surface area contributed by atoms with Gasteiger partial charge in [0.15, 0.2) is 0 Å². The van der Waals surface area contributed by atoms with E-state index in [0.717, 1.165) is 16.9 Å². The predicted molar refractivity (Wildman–Crippen MR) is 118 cm³/mol. The minimum absolute atomic E-state index is 0.0243. The first-order chi connectivity index (χ1) is 16.4. The van der Waals surface area contributed by atoms with Gasteiger partial charge in [-0.05, 0) is 24.8 Å². The number of alkyl halides is 3. The second-order valence-electron chi connectivity index (χ2n) is 8.12. The number of fused-ring (bicyclic) bond motifs is 2. The fourth-order valence-electron chi connectivity index (χ4n) is 4.62. The summed E-state index contributed by atoms with van der Waals surface area (Å²) in [7, 11) is 0. The van der Waals surface area contributed by atoms with Gasteiger partial charge in [0.05, 0.1) is 19.4 Å². The lowest BCUT2D eigenvalue weighted by Gasteiger charge is -2.43. The van der Waals surface area contributed by atoms with E-state index in [9.17, 15) is 18.3 Å². The summed E-state index contributed by atoms with van der Waals surface area (Å²) < 4.78 is 53.6. The summed E-state index contributed by atoms with van der Waals surface area (Å²) in [4.78, 5) is 2.21. The van der Waals surface area contributed by atoms with Crippen molar-refractivity contribution in [2.75, 3.05) is 19.7 Å². The van der Waals surface area contributed by atoms with Crippen molar-refractivity contribution in [3.05, 3.63) is 51.1 Å². The first kappa shape index (κ1) is 24.8. The maximum absolute atomic E-state index is 13.5. The van der Waals surface area contributed by atoms with Crippen molar-refractivity contribution in [1.82, 2.24) is 24.9 Å². The molecule has 3 aromatic rings. The van der Waals surface area contributed by atoms with Crippen LogP contribution in [0.1, 0.15) is 59.0 Å². The highest BCUT2D eigenvalue weighted by Gasteiger charge is 2.47. The zero-order valence-electron chi connectivity index (χ0n) is 19.1.